The highest BCUT2D eigenvalue weighted by atomic mass is 16.5. The first kappa shape index (κ1) is 14.0. The molecule has 2 heterocycles. The molecule has 1 saturated heterocycles. The summed E-state index contributed by atoms with van der Waals surface area (Å²) in [5, 5.41) is 7.41. The van der Waals surface area contributed by atoms with Crippen molar-refractivity contribution in [2.24, 2.45) is 0 Å². The van der Waals surface area contributed by atoms with Gasteiger partial charge in [0.1, 0.15) is 0 Å². The number of hydrogen-bond acceptors (Lipinski definition) is 6. The molecule has 0 spiro atoms. The minimum atomic E-state index is -0.305. The lowest BCUT2D eigenvalue weighted by molar-refractivity contribution is 0.0667. The number of nitrogens with one attached hydrogen (secondary N) is 1. The predicted octanol–water partition coefficient (Wildman–Crippen LogP) is 1.61. The van der Waals surface area contributed by atoms with Gasteiger partial charge >= 0.3 is 0 Å². The monoisotopic (exact) mass is 288 g/mol. The van der Waals surface area contributed by atoms with E-state index in [1.807, 2.05) is 37.3 Å². The van der Waals surface area contributed by atoms with Crippen LogP contribution in [0.15, 0.2) is 34.9 Å². The van der Waals surface area contributed by atoms with Gasteiger partial charge in [0.05, 0.1) is 0 Å². The van der Waals surface area contributed by atoms with E-state index in [1.54, 1.807) is 0 Å². The fourth-order valence-corrected chi connectivity index (χ4v) is 2.43. The average molecular weight is 288 g/mol. The Morgan fingerprint density at radius 3 is 2.76 bits per heavy atom. The molecule has 0 bridgehead atoms. The lowest BCUT2D eigenvalue weighted by Gasteiger charge is -2.25. The predicted molar refractivity (Wildman–Crippen MR) is 79.3 cm³/mol. The van der Waals surface area contributed by atoms with Gasteiger partial charge in [0.25, 0.3) is 11.8 Å². The van der Waals surface area contributed by atoms with Crippen LogP contribution in [0.2, 0.25) is 0 Å². The Labute approximate surface area is 124 Å². The minimum absolute atomic E-state index is 0.305. The molecule has 1 aromatic heterocycles. The number of anilines is 1. The van der Waals surface area contributed by atoms with Gasteiger partial charge in [-0.15, -0.1) is 0 Å². The molecule has 1 unspecified atom stereocenters. The third-order valence-corrected chi connectivity index (χ3v) is 3.49. The molecule has 21 heavy (non-hydrogen) atoms. The molecule has 1 N–H and O–H groups in total. The molecule has 6 nitrogen and oxygen atoms in total. The van der Waals surface area contributed by atoms with E-state index in [4.69, 9.17) is 9.26 Å². The van der Waals surface area contributed by atoms with Crippen LogP contribution in [0, 0.1) is 0 Å². The topological polar surface area (TPSA) is 63.4 Å². The maximum Gasteiger partial charge on any atom is 0.266 e. The van der Waals surface area contributed by atoms with Gasteiger partial charge in [-0.05, 0) is 17.6 Å². The first-order valence-corrected chi connectivity index (χ1v) is 7.34. The third-order valence-electron chi connectivity index (χ3n) is 3.49. The van der Waals surface area contributed by atoms with Crippen LogP contribution >= 0.6 is 0 Å². The van der Waals surface area contributed by atoms with E-state index in [9.17, 15) is 0 Å². The number of piperazine rings is 1. The molecular weight excluding hydrogens is 268 g/mol. The van der Waals surface area contributed by atoms with Crippen molar-refractivity contribution in [3.05, 3.63) is 41.8 Å². The third kappa shape index (κ3) is 3.22. The van der Waals surface area contributed by atoms with Crippen molar-refractivity contribution in [2.45, 2.75) is 13.0 Å². The summed E-state index contributed by atoms with van der Waals surface area (Å²) in [5.41, 5.74) is 1.02. The van der Waals surface area contributed by atoms with Crippen LogP contribution in [0.25, 0.3) is 0 Å². The molecule has 1 aliphatic rings. The maximum absolute atomic E-state index is 5.79. The highest BCUT2D eigenvalue weighted by molar-refractivity contribution is 5.30. The van der Waals surface area contributed by atoms with E-state index in [1.165, 1.54) is 0 Å². The van der Waals surface area contributed by atoms with Crippen LogP contribution in [0.4, 0.5) is 5.95 Å². The number of ether oxygens (including phenoxy) is 1. The van der Waals surface area contributed by atoms with Crippen LogP contribution < -0.4 is 10.2 Å². The van der Waals surface area contributed by atoms with E-state index in [-0.39, 0.29) is 6.10 Å². The maximum atomic E-state index is 5.79. The largest absolute Gasteiger partial charge is 0.364 e. The first-order chi connectivity index (χ1) is 10.4. The number of hydrogen-bond donors (Lipinski definition) is 1. The van der Waals surface area contributed by atoms with E-state index in [0.29, 0.717) is 18.4 Å². The Bertz CT molecular complexity index is 552. The SMILES string of the molecule is CCOC(c1ccccc1)c1nc(N2CCNCC2)no1. The highest BCUT2D eigenvalue weighted by Crippen LogP contribution is 2.26. The van der Waals surface area contributed by atoms with E-state index < -0.39 is 0 Å². The molecule has 6 heteroatoms. The van der Waals surface area contributed by atoms with E-state index in [2.05, 4.69) is 20.4 Å². The van der Waals surface area contributed by atoms with E-state index >= 15 is 0 Å². The Morgan fingerprint density at radius 2 is 2.05 bits per heavy atom. The molecule has 1 atom stereocenters. The van der Waals surface area contributed by atoms with Gasteiger partial charge in [-0.1, -0.05) is 30.3 Å². The van der Waals surface area contributed by atoms with Crippen LogP contribution in [-0.4, -0.2) is 42.9 Å². The highest BCUT2D eigenvalue weighted by Gasteiger charge is 2.23. The molecule has 3 rings (SSSR count). The number of rotatable bonds is 5. The van der Waals surface area contributed by atoms with Gasteiger partial charge in [0, 0.05) is 32.8 Å². The molecule has 0 saturated carbocycles. The fraction of sp³-hybridized carbons (Fsp3) is 0.467. The van der Waals surface area contributed by atoms with Crippen LogP contribution in [-0.2, 0) is 4.74 Å². The zero-order valence-electron chi connectivity index (χ0n) is 12.2. The van der Waals surface area contributed by atoms with Gasteiger partial charge in [0.15, 0.2) is 6.10 Å². The fourth-order valence-electron chi connectivity index (χ4n) is 2.43. The van der Waals surface area contributed by atoms with Gasteiger partial charge in [-0.3, -0.25) is 0 Å². The summed E-state index contributed by atoms with van der Waals surface area (Å²) in [6.07, 6.45) is -0.305. The van der Waals surface area contributed by atoms with Gasteiger partial charge in [-0.2, -0.15) is 4.98 Å². The van der Waals surface area contributed by atoms with Crippen LogP contribution in [0.5, 0.6) is 0 Å². The van der Waals surface area contributed by atoms with Gasteiger partial charge < -0.3 is 19.5 Å². The van der Waals surface area contributed by atoms with Crippen molar-refractivity contribution in [1.82, 2.24) is 15.5 Å². The zero-order valence-corrected chi connectivity index (χ0v) is 12.2. The van der Waals surface area contributed by atoms with Crippen molar-refractivity contribution >= 4 is 5.95 Å². The molecule has 2 aromatic rings. The lowest BCUT2D eigenvalue weighted by atomic mass is 10.1. The molecule has 1 fully saturated rings. The van der Waals surface area contributed by atoms with Crippen molar-refractivity contribution in [3.63, 3.8) is 0 Å². The lowest BCUT2D eigenvalue weighted by Crippen LogP contribution is -2.44. The number of benzene rings is 1. The second-order valence-corrected chi connectivity index (χ2v) is 4.92. The van der Waals surface area contributed by atoms with Crippen molar-refractivity contribution in [1.29, 1.82) is 0 Å². The minimum Gasteiger partial charge on any atom is -0.364 e. The molecule has 112 valence electrons. The molecule has 0 aliphatic carbocycles. The second-order valence-electron chi connectivity index (χ2n) is 4.92. The molecule has 1 aliphatic heterocycles. The Hall–Kier alpha value is -1.92. The van der Waals surface area contributed by atoms with Crippen molar-refractivity contribution < 1.29 is 9.26 Å². The van der Waals surface area contributed by atoms with Crippen molar-refractivity contribution in [2.75, 3.05) is 37.7 Å². The van der Waals surface area contributed by atoms with Crippen LogP contribution in [0.3, 0.4) is 0 Å². The average Bonchev–Trinajstić information content (AvgIpc) is 3.04. The first-order valence-electron chi connectivity index (χ1n) is 7.34. The quantitative estimate of drug-likeness (QED) is 0.901. The Morgan fingerprint density at radius 1 is 1.29 bits per heavy atom. The van der Waals surface area contributed by atoms with Crippen LogP contribution in [0.1, 0.15) is 24.5 Å². The Kier molecular flexibility index (Phi) is 4.47. The summed E-state index contributed by atoms with van der Waals surface area (Å²) in [6.45, 7) is 6.22. The second kappa shape index (κ2) is 6.69. The normalized spacial score (nSPS) is 16.9. The Balaban J connectivity index is 1.81. The van der Waals surface area contributed by atoms with Crippen molar-refractivity contribution in [3.8, 4) is 0 Å². The summed E-state index contributed by atoms with van der Waals surface area (Å²) >= 11 is 0. The number of nitrogens with zero attached hydrogens (tertiary/aromatic N) is 3. The molecular formula is C15H20N4O2. The summed E-state index contributed by atoms with van der Waals surface area (Å²) in [6, 6.07) is 9.96. The summed E-state index contributed by atoms with van der Waals surface area (Å²) in [4.78, 5) is 6.65. The zero-order chi connectivity index (χ0) is 14.5. The summed E-state index contributed by atoms with van der Waals surface area (Å²) in [5.74, 6) is 1.16. The molecule has 0 amide bonds. The summed E-state index contributed by atoms with van der Waals surface area (Å²) < 4.78 is 11.2. The van der Waals surface area contributed by atoms with Gasteiger partial charge in [-0.25, -0.2) is 0 Å². The number of aromatic nitrogens is 2. The summed E-state index contributed by atoms with van der Waals surface area (Å²) in [7, 11) is 0. The molecule has 0 radical (unpaired) electrons. The molecule has 1 aromatic carbocycles. The standard InChI is InChI=1S/C15H20N4O2/c1-2-20-13(12-6-4-3-5-7-12)14-17-15(18-21-14)19-10-8-16-9-11-19/h3-7,13,16H,2,8-11H2,1H3. The van der Waals surface area contributed by atoms with Gasteiger partial charge in [0.2, 0.25) is 0 Å². The van der Waals surface area contributed by atoms with E-state index in [0.717, 1.165) is 31.7 Å². The smallest absolute Gasteiger partial charge is 0.266 e.